The number of carbonyl (C=O) groups is 1. The molecule has 4 nitrogen and oxygen atoms in total. The SMILES string of the molecule is O=C1OC[C@@H](n2ccnc2)c2ccc(F)cc21. The van der Waals surface area contributed by atoms with Crippen LogP contribution in [0.25, 0.3) is 0 Å². The van der Waals surface area contributed by atoms with E-state index in [0.29, 0.717) is 0 Å². The molecule has 2 heterocycles. The second-order valence-corrected chi connectivity index (χ2v) is 3.86. The van der Waals surface area contributed by atoms with E-state index < -0.39 is 11.8 Å². The molecule has 5 heteroatoms. The van der Waals surface area contributed by atoms with Gasteiger partial charge in [-0.05, 0) is 17.7 Å². The first-order valence-corrected chi connectivity index (χ1v) is 5.20. The predicted molar refractivity (Wildman–Crippen MR) is 57.0 cm³/mol. The molecule has 1 aliphatic heterocycles. The van der Waals surface area contributed by atoms with Crippen LogP contribution in [0.4, 0.5) is 4.39 Å². The number of ether oxygens (including phenoxy) is 1. The molecule has 17 heavy (non-hydrogen) atoms. The molecule has 0 N–H and O–H groups in total. The van der Waals surface area contributed by atoms with Gasteiger partial charge in [0.1, 0.15) is 12.4 Å². The average molecular weight is 232 g/mol. The van der Waals surface area contributed by atoms with Gasteiger partial charge in [-0.2, -0.15) is 0 Å². The Labute approximate surface area is 96.7 Å². The van der Waals surface area contributed by atoms with Crippen LogP contribution >= 0.6 is 0 Å². The maximum Gasteiger partial charge on any atom is 0.338 e. The highest BCUT2D eigenvalue weighted by molar-refractivity contribution is 5.92. The van der Waals surface area contributed by atoms with Gasteiger partial charge in [0.25, 0.3) is 0 Å². The normalized spacial score (nSPS) is 18.6. The zero-order valence-electron chi connectivity index (χ0n) is 8.84. The number of nitrogens with zero attached hydrogens (tertiary/aromatic N) is 2. The summed E-state index contributed by atoms with van der Waals surface area (Å²) >= 11 is 0. The summed E-state index contributed by atoms with van der Waals surface area (Å²) in [5, 5.41) is 0. The van der Waals surface area contributed by atoms with Crippen molar-refractivity contribution in [2.45, 2.75) is 6.04 Å². The van der Waals surface area contributed by atoms with E-state index in [0.717, 1.165) is 5.56 Å². The highest BCUT2D eigenvalue weighted by Gasteiger charge is 2.28. The zero-order chi connectivity index (χ0) is 11.8. The number of cyclic esters (lactones) is 1. The molecule has 0 spiro atoms. The Bertz CT molecular complexity index is 566. The summed E-state index contributed by atoms with van der Waals surface area (Å²) < 4.78 is 20.0. The van der Waals surface area contributed by atoms with Gasteiger partial charge in [0.05, 0.1) is 17.9 Å². The Morgan fingerprint density at radius 2 is 2.35 bits per heavy atom. The number of aromatic nitrogens is 2. The Hall–Kier alpha value is -2.17. The molecule has 1 atom stereocenters. The van der Waals surface area contributed by atoms with Gasteiger partial charge in [-0.1, -0.05) is 6.07 Å². The average Bonchev–Trinajstić information content (AvgIpc) is 2.84. The molecule has 0 saturated carbocycles. The molecule has 0 amide bonds. The number of benzene rings is 1. The third kappa shape index (κ3) is 1.60. The molecule has 0 fully saturated rings. The summed E-state index contributed by atoms with van der Waals surface area (Å²) in [4.78, 5) is 15.5. The number of hydrogen-bond acceptors (Lipinski definition) is 3. The van der Waals surface area contributed by atoms with Crippen molar-refractivity contribution in [3.05, 3.63) is 53.9 Å². The lowest BCUT2D eigenvalue weighted by molar-refractivity contribution is 0.0424. The molecule has 0 bridgehead atoms. The van der Waals surface area contributed by atoms with Gasteiger partial charge in [-0.15, -0.1) is 0 Å². The van der Waals surface area contributed by atoms with Gasteiger partial charge in [0.2, 0.25) is 0 Å². The fourth-order valence-electron chi connectivity index (χ4n) is 2.02. The largest absolute Gasteiger partial charge is 0.460 e. The van der Waals surface area contributed by atoms with Gasteiger partial charge < -0.3 is 9.30 Å². The van der Waals surface area contributed by atoms with Crippen molar-refractivity contribution in [3.63, 3.8) is 0 Å². The van der Waals surface area contributed by atoms with Crippen LogP contribution in [0.2, 0.25) is 0 Å². The Morgan fingerprint density at radius 1 is 1.47 bits per heavy atom. The molecule has 1 aliphatic rings. The number of halogens is 1. The molecular formula is C12H9FN2O2. The first-order valence-electron chi connectivity index (χ1n) is 5.20. The third-order valence-electron chi connectivity index (χ3n) is 2.85. The molecule has 86 valence electrons. The van der Waals surface area contributed by atoms with E-state index in [4.69, 9.17) is 4.74 Å². The maximum absolute atomic E-state index is 13.1. The summed E-state index contributed by atoms with van der Waals surface area (Å²) in [6, 6.07) is 4.04. The van der Waals surface area contributed by atoms with Gasteiger partial charge in [-0.25, -0.2) is 14.2 Å². The number of fused-ring (bicyclic) bond motifs is 1. The molecule has 0 saturated heterocycles. The topological polar surface area (TPSA) is 44.1 Å². The van der Waals surface area contributed by atoms with Crippen LogP contribution in [0, 0.1) is 5.82 Å². The Morgan fingerprint density at radius 3 is 3.12 bits per heavy atom. The van der Waals surface area contributed by atoms with Gasteiger partial charge >= 0.3 is 5.97 Å². The quantitative estimate of drug-likeness (QED) is 0.704. The monoisotopic (exact) mass is 232 g/mol. The van der Waals surface area contributed by atoms with Gasteiger partial charge in [-0.3, -0.25) is 0 Å². The van der Waals surface area contributed by atoms with Crippen molar-refractivity contribution in [2.24, 2.45) is 0 Å². The first kappa shape index (κ1) is 10.0. The molecule has 0 radical (unpaired) electrons. The fraction of sp³-hybridized carbons (Fsp3) is 0.167. The van der Waals surface area contributed by atoms with Crippen molar-refractivity contribution in [1.29, 1.82) is 0 Å². The molecular weight excluding hydrogens is 223 g/mol. The number of hydrogen-bond donors (Lipinski definition) is 0. The number of rotatable bonds is 1. The van der Waals surface area contributed by atoms with E-state index >= 15 is 0 Å². The molecule has 1 aromatic heterocycles. The standard InChI is InChI=1S/C12H9FN2O2/c13-8-1-2-9-10(5-8)12(16)17-6-11(9)15-4-3-14-7-15/h1-5,7,11H,6H2/t11-/m1/s1. The highest BCUT2D eigenvalue weighted by Crippen LogP contribution is 2.28. The second-order valence-electron chi connectivity index (χ2n) is 3.86. The van der Waals surface area contributed by atoms with Crippen molar-refractivity contribution in [2.75, 3.05) is 6.61 Å². The summed E-state index contributed by atoms with van der Waals surface area (Å²) in [7, 11) is 0. The van der Waals surface area contributed by atoms with E-state index in [-0.39, 0.29) is 18.2 Å². The van der Waals surface area contributed by atoms with Crippen LogP contribution in [0.3, 0.4) is 0 Å². The van der Waals surface area contributed by atoms with Crippen LogP contribution in [0.1, 0.15) is 22.0 Å². The molecule has 0 aliphatic carbocycles. The minimum absolute atomic E-state index is 0.134. The molecule has 1 aromatic carbocycles. The van der Waals surface area contributed by atoms with E-state index in [1.165, 1.54) is 12.1 Å². The zero-order valence-corrected chi connectivity index (χ0v) is 8.84. The lowest BCUT2D eigenvalue weighted by Crippen LogP contribution is -2.26. The van der Waals surface area contributed by atoms with Crippen molar-refractivity contribution in [3.8, 4) is 0 Å². The fourth-order valence-corrected chi connectivity index (χ4v) is 2.02. The van der Waals surface area contributed by atoms with Crippen LogP contribution in [0.5, 0.6) is 0 Å². The van der Waals surface area contributed by atoms with Crippen LogP contribution in [0.15, 0.2) is 36.9 Å². The third-order valence-corrected chi connectivity index (χ3v) is 2.85. The van der Waals surface area contributed by atoms with E-state index in [9.17, 15) is 9.18 Å². The van der Waals surface area contributed by atoms with E-state index in [2.05, 4.69) is 4.98 Å². The second kappa shape index (κ2) is 3.69. The smallest absolute Gasteiger partial charge is 0.338 e. The Balaban J connectivity index is 2.12. The predicted octanol–water partition coefficient (Wildman–Crippen LogP) is 1.78. The van der Waals surface area contributed by atoms with Gasteiger partial charge in [0.15, 0.2) is 0 Å². The maximum atomic E-state index is 13.1. The van der Waals surface area contributed by atoms with Crippen LogP contribution < -0.4 is 0 Å². The lowest BCUT2D eigenvalue weighted by Gasteiger charge is -2.25. The Kier molecular flexibility index (Phi) is 2.18. The van der Waals surface area contributed by atoms with E-state index in [1.807, 2.05) is 4.57 Å². The van der Waals surface area contributed by atoms with Crippen LogP contribution in [-0.2, 0) is 4.74 Å². The van der Waals surface area contributed by atoms with Gasteiger partial charge in [0, 0.05) is 12.4 Å². The minimum Gasteiger partial charge on any atom is -0.460 e. The summed E-state index contributed by atoms with van der Waals surface area (Å²) in [5.74, 6) is -0.914. The lowest BCUT2D eigenvalue weighted by atomic mass is 9.98. The molecule has 3 rings (SSSR count). The van der Waals surface area contributed by atoms with Crippen LogP contribution in [-0.4, -0.2) is 22.1 Å². The van der Waals surface area contributed by atoms with E-state index in [1.54, 1.807) is 24.8 Å². The minimum atomic E-state index is -0.476. The number of esters is 1. The summed E-state index contributed by atoms with van der Waals surface area (Å²) in [6.07, 6.45) is 5.09. The molecule has 2 aromatic rings. The summed E-state index contributed by atoms with van der Waals surface area (Å²) in [5.41, 5.74) is 1.05. The number of imidazole rings is 1. The van der Waals surface area contributed by atoms with Crippen molar-refractivity contribution in [1.82, 2.24) is 9.55 Å². The molecule has 0 unspecified atom stereocenters. The first-order chi connectivity index (χ1) is 8.25. The van der Waals surface area contributed by atoms with Crippen molar-refractivity contribution < 1.29 is 13.9 Å². The number of carbonyl (C=O) groups excluding carboxylic acids is 1. The summed E-state index contributed by atoms with van der Waals surface area (Å²) in [6.45, 7) is 0.244. The van der Waals surface area contributed by atoms with Crippen molar-refractivity contribution >= 4 is 5.97 Å². The highest BCUT2D eigenvalue weighted by atomic mass is 19.1.